The van der Waals surface area contributed by atoms with Crippen LogP contribution in [0.4, 0.5) is 4.79 Å². The number of methoxy groups -OCH3 is 1. The number of rotatable bonds is 5. The molecule has 0 atom stereocenters. The standard InChI is InChI=1S/C21H16N2O3S2/c1-26-17-9-5-6-14(10-17)11-18-20(24)23(21(25)28-18)12-16-13-27-19(22-16)15-7-3-2-4-8-15/h2-11,13H,12H2,1H3/b18-11+. The van der Waals surface area contributed by atoms with Gasteiger partial charge in [0.25, 0.3) is 11.1 Å². The zero-order chi connectivity index (χ0) is 19.5. The molecule has 2 amide bonds. The maximum absolute atomic E-state index is 12.7. The van der Waals surface area contributed by atoms with Gasteiger partial charge in [-0.05, 0) is 35.5 Å². The highest BCUT2D eigenvalue weighted by atomic mass is 32.2. The lowest BCUT2D eigenvalue weighted by Gasteiger charge is -2.10. The summed E-state index contributed by atoms with van der Waals surface area (Å²) in [6.07, 6.45) is 1.71. The van der Waals surface area contributed by atoms with Gasteiger partial charge < -0.3 is 4.74 Å². The zero-order valence-electron chi connectivity index (χ0n) is 15.0. The Morgan fingerprint density at radius 2 is 1.93 bits per heavy atom. The van der Waals surface area contributed by atoms with Crippen LogP contribution in [-0.4, -0.2) is 28.1 Å². The monoisotopic (exact) mass is 408 g/mol. The number of hydrogen-bond acceptors (Lipinski definition) is 6. The highest BCUT2D eigenvalue weighted by Crippen LogP contribution is 2.34. The van der Waals surface area contributed by atoms with Crippen LogP contribution in [0.2, 0.25) is 0 Å². The van der Waals surface area contributed by atoms with Crippen LogP contribution in [0.15, 0.2) is 64.9 Å². The number of benzene rings is 2. The minimum atomic E-state index is -0.299. The lowest BCUT2D eigenvalue weighted by molar-refractivity contribution is -0.123. The maximum Gasteiger partial charge on any atom is 0.293 e. The number of hydrogen-bond donors (Lipinski definition) is 0. The van der Waals surface area contributed by atoms with E-state index in [9.17, 15) is 9.59 Å². The third-order valence-corrected chi connectivity index (χ3v) is 6.01. The van der Waals surface area contributed by atoms with E-state index in [0.717, 1.165) is 27.9 Å². The van der Waals surface area contributed by atoms with Gasteiger partial charge in [0.1, 0.15) is 10.8 Å². The molecule has 0 aliphatic carbocycles. The minimum Gasteiger partial charge on any atom is -0.497 e. The van der Waals surface area contributed by atoms with E-state index in [-0.39, 0.29) is 17.7 Å². The Bertz CT molecular complexity index is 1060. The first-order valence-corrected chi connectivity index (χ1v) is 10.2. The van der Waals surface area contributed by atoms with Crippen molar-refractivity contribution in [1.82, 2.24) is 9.88 Å². The molecule has 0 radical (unpaired) electrons. The van der Waals surface area contributed by atoms with Crippen molar-refractivity contribution in [3.8, 4) is 16.3 Å². The molecule has 7 heteroatoms. The van der Waals surface area contributed by atoms with Crippen LogP contribution in [0.1, 0.15) is 11.3 Å². The van der Waals surface area contributed by atoms with Crippen molar-refractivity contribution in [3.63, 3.8) is 0 Å². The summed E-state index contributed by atoms with van der Waals surface area (Å²) in [5, 5.41) is 2.47. The third kappa shape index (κ3) is 3.85. The van der Waals surface area contributed by atoms with E-state index in [0.29, 0.717) is 16.3 Å². The molecule has 0 spiro atoms. The molecule has 5 nitrogen and oxygen atoms in total. The van der Waals surface area contributed by atoms with E-state index in [1.165, 1.54) is 16.2 Å². The molecule has 2 aromatic carbocycles. The number of carbonyl (C=O) groups excluding carboxylic acids is 2. The van der Waals surface area contributed by atoms with Crippen molar-refractivity contribution in [3.05, 3.63) is 76.1 Å². The van der Waals surface area contributed by atoms with Crippen LogP contribution in [0, 0.1) is 0 Å². The van der Waals surface area contributed by atoms with Gasteiger partial charge in [0.15, 0.2) is 0 Å². The van der Waals surface area contributed by atoms with Gasteiger partial charge in [0.2, 0.25) is 0 Å². The number of thiazole rings is 1. The maximum atomic E-state index is 12.7. The molecule has 0 saturated carbocycles. The molecule has 0 N–H and O–H groups in total. The lowest BCUT2D eigenvalue weighted by Crippen LogP contribution is -2.27. The second-order valence-electron chi connectivity index (χ2n) is 6.05. The topological polar surface area (TPSA) is 59.5 Å². The summed E-state index contributed by atoms with van der Waals surface area (Å²) in [6, 6.07) is 17.2. The summed E-state index contributed by atoms with van der Waals surface area (Å²) in [7, 11) is 1.59. The van der Waals surface area contributed by atoms with Crippen molar-refractivity contribution in [1.29, 1.82) is 0 Å². The average molecular weight is 409 g/mol. The number of amides is 2. The van der Waals surface area contributed by atoms with Crippen LogP contribution >= 0.6 is 23.1 Å². The van der Waals surface area contributed by atoms with Crippen LogP contribution in [0.25, 0.3) is 16.6 Å². The number of aromatic nitrogens is 1. The molecule has 0 unspecified atom stereocenters. The molecule has 0 bridgehead atoms. The fourth-order valence-electron chi connectivity index (χ4n) is 2.77. The molecule has 1 saturated heterocycles. The van der Waals surface area contributed by atoms with E-state index in [2.05, 4.69) is 4.98 Å². The van der Waals surface area contributed by atoms with Gasteiger partial charge in [0.05, 0.1) is 24.3 Å². The highest BCUT2D eigenvalue weighted by molar-refractivity contribution is 8.18. The molecule has 1 aliphatic rings. The number of ether oxygens (including phenoxy) is 1. The molecular weight excluding hydrogens is 392 g/mol. The molecule has 3 aromatic rings. The predicted molar refractivity (Wildman–Crippen MR) is 112 cm³/mol. The molecule has 4 rings (SSSR count). The fourth-order valence-corrected chi connectivity index (χ4v) is 4.43. The van der Waals surface area contributed by atoms with E-state index < -0.39 is 0 Å². The summed E-state index contributed by atoms with van der Waals surface area (Å²) in [5.74, 6) is 0.399. The summed E-state index contributed by atoms with van der Waals surface area (Å²) in [6.45, 7) is 0.170. The summed E-state index contributed by atoms with van der Waals surface area (Å²) < 4.78 is 5.20. The van der Waals surface area contributed by atoms with Gasteiger partial charge in [0, 0.05) is 10.9 Å². The summed E-state index contributed by atoms with van der Waals surface area (Å²) in [4.78, 5) is 31.3. The van der Waals surface area contributed by atoms with Crippen molar-refractivity contribution in [2.45, 2.75) is 6.54 Å². The quantitative estimate of drug-likeness (QED) is 0.553. The van der Waals surface area contributed by atoms with Gasteiger partial charge in [-0.1, -0.05) is 42.5 Å². The molecule has 28 heavy (non-hydrogen) atoms. The Labute approximate surface area is 170 Å². The molecule has 140 valence electrons. The van der Waals surface area contributed by atoms with Crippen molar-refractivity contribution in [2.24, 2.45) is 0 Å². The molecule has 1 aromatic heterocycles. The van der Waals surface area contributed by atoms with Crippen LogP contribution in [0.3, 0.4) is 0 Å². The minimum absolute atomic E-state index is 0.170. The van der Waals surface area contributed by atoms with Crippen molar-refractivity contribution in [2.75, 3.05) is 7.11 Å². The third-order valence-electron chi connectivity index (χ3n) is 4.16. The van der Waals surface area contributed by atoms with Gasteiger partial charge in [-0.3, -0.25) is 14.5 Å². The second kappa shape index (κ2) is 8.00. The van der Waals surface area contributed by atoms with Crippen molar-refractivity contribution >= 4 is 40.3 Å². The van der Waals surface area contributed by atoms with Crippen molar-refractivity contribution < 1.29 is 14.3 Å². The van der Waals surface area contributed by atoms with Gasteiger partial charge in [-0.2, -0.15) is 0 Å². The van der Waals surface area contributed by atoms with Crippen LogP contribution in [-0.2, 0) is 11.3 Å². The largest absolute Gasteiger partial charge is 0.497 e. The molecule has 1 aliphatic heterocycles. The first kappa shape index (κ1) is 18.5. The Morgan fingerprint density at radius 3 is 2.71 bits per heavy atom. The average Bonchev–Trinajstić information content (AvgIpc) is 3.29. The number of carbonyl (C=O) groups is 2. The summed E-state index contributed by atoms with van der Waals surface area (Å²) in [5.41, 5.74) is 2.53. The smallest absolute Gasteiger partial charge is 0.293 e. The number of thioether (sulfide) groups is 1. The van der Waals surface area contributed by atoms with Gasteiger partial charge >= 0.3 is 0 Å². The number of nitrogens with zero attached hydrogens (tertiary/aromatic N) is 2. The fraction of sp³-hybridized carbons (Fsp3) is 0.0952. The second-order valence-corrected chi connectivity index (χ2v) is 7.91. The Kier molecular flexibility index (Phi) is 5.27. The Hall–Kier alpha value is -2.90. The highest BCUT2D eigenvalue weighted by Gasteiger charge is 2.35. The van der Waals surface area contributed by atoms with Crippen LogP contribution in [0.5, 0.6) is 5.75 Å². The van der Waals surface area contributed by atoms with Gasteiger partial charge in [-0.25, -0.2) is 4.98 Å². The number of imide groups is 1. The Balaban J connectivity index is 1.52. The van der Waals surface area contributed by atoms with Gasteiger partial charge in [-0.15, -0.1) is 11.3 Å². The normalized spacial score (nSPS) is 15.5. The first-order chi connectivity index (χ1) is 13.6. The van der Waals surface area contributed by atoms with E-state index in [4.69, 9.17) is 4.74 Å². The first-order valence-electron chi connectivity index (χ1n) is 8.53. The zero-order valence-corrected chi connectivity index (χ0v) is 16.6. The van der Waals surface area contributed by atoms with E-state index in [1.807, 2.05) is 60.0 Å². The molecule has 2 heterocycles. The van der Waals surface area contributed by atoms with E-state index in [1.54, 1.807) is 13.2 Å². The SMILES string of the molecule is COc1cccc(/C=C2/SC(=O)N(Cc3csc(-c4ccccc4)n3)C2=O)c1. The predicted octanol–water partition coefficient (Wildman–Crippen LogP) is 5.06. The lowest BCUT2D eigenvalue weighted by atomic mass is 10.2. The molecule has 1 fully saturated rings. The summed E-state index contributed by atoms with van der Waals surface area (Å²) >= 11 is 2.45. The van der Waals surface area contributed by atoms with E-state index >= 15 is 0 Å². The van der Waals surface area contributed by atoms with Crippen LogP contribution < -0.4 is 4.74 Å². The Morgan fingerprint density at radius 1 is 1.11 bits per heavy atom. The molecular formula is C21H16N2O3S2.